The maximum atomic E-state index is 13.0. The first kappa shape index (κ1) is 26.1. The van der Waals surface area contributed by atoms with E-state index in [1.807, 2.05) is 13.8 Å². The lowest BCUT2D eigenvalue weighted by Gasteiger charge is -2.30. The van der Waals surface area contributed by atoms with E-state index in [1.54, 1.807) is 11.8 Å². The number of carbonyl (C=O) groups is 2. The molecule has 0 aliphatic heterocycles. The Hall–Kier alpha value is -1.97. The van der Waals surface area contributed by atoms with Crippen LogP contribution in [0.15, 0.2) is 29.2 Å². The standard InChI is InChI=1S/C21H36N4O4S/c1-7-24(8-2)13-14-25(15-16(3)4)21(27)17(5)23-30(28,29)20-11-9-19(10-12-20)22-18(6)26/h9-12,16-17,23H,7-8,13-15H2,1-6H3,(H,22,26)/t17-/m0/s1. The first-order valence-corrected chi connectivity index (χ1v) is 11.9. The molecule has 0 spiro atoms. The van der Waals surface area contributed by atoms with E-state index >= 15 is 0 Å². The van der Waals surface area contributed by atoms with E-state index in [2.05, 4.69) is 28.8 Å². The predicted octanol–water partition coefficient (Wildman–Crippen LogP) is 2.14. The minimum atomic E-state index is -3.87. The maximum Gasteiger partial charge on any atom is 0.241 e. The SMILES string of the molecule is CCN(CC)CCN(CC(C)C)C(=O)[C@H](C)NS(=O)(=O)c1ccc(NC(C)=O)cc1. The second-order valence-electron chi connectivity index (χ2n) is 7.75. The van der Waals surface area contributed by atoms with E-state index in [0.29, 0.717) is 18.8 Å². The van der Waals surface area contributed by atoms with Crippen LogP contribution in [-0.4, -0.2) is 68.8 Å². The molecule has 170 valence electrons. The van der Waals surface area contributed by atoms with Crippen LogP contribution in [0.1, 0.15) is 41.5 Å². The normalized spacial score (nSPS) is 12.8. The van der Waals surface area contributed by atoms with E-state index in [1.165, 1.54) is 31.2 Å². The summed E-state index contributed by atoms with van der Waals surface area (Å²) in [6.45, 7) is 14.8. The Kier molecular flexibility index (Phi) is 10.4. The van der Waals surface area contributed by atoms with Gasteiger partial charge in [-0.2, -0.15) is 4.72 Å². The van der Waals surface area contributed by atoms with E-state index in [9.17, 15) is 18.0 Å². The van der Waals surface area contributed by atoms with Gasteiger partial charge in [0.2, 0.25) is 21.8 Å². The molecule has 1 atom stereocenters. The zero-order valence-electron chi connectivity index (χ0n) is 18.9. The van der Waals surface area contributed by atoms with Crippen molar-refractivity contribution in [3.63, 3.8) is 0 Å². The fourth-order valence-electron chi connectivity index (χ4n) is 3.08. The topological polar surface area (TPSA) is 98.8 Å². The third-order valence-corrected chi connectivity index (χ3v) is 6.22. The molecule has 0 heterocycles. The van der Waals surface area contributed by atoms with Crippen molar-refractivity contribution in [1.29, 1.82) is 0 Å². The summed E-state index contributed by atoms with van der Waals surface area (Å²) in [7, 11) is -3.87. The third kappa shape index (κ3) is 8.41. The quantitative estimate of drug-likeness (QED) is 0.519. The van der Waals surface area contributed by atoms with E-state index < -0.39 is 16.1 Å². The fourth-order valence-corrected chi connectivity index (χ4v) is 4.28. The molecule has 1 aromatic rings. The minimum Gasteiger partial charge on any atom is -0.340 e. The largest absolute Gasteiger partial charge is 0.340 e. The van der Waals surface area contributed by atoms with Crippen molar-refractivity contribution in [2.75, 3.05) is 38.0 Å². The summed E-state index contributed by atoms with van der Waals surface area (Å²) >= 11 is 0. The molecule has 0 unspecified atom stereocenters. The summed E-state index contributed by atoms with van der Waals surface area (Å²) in [5.41, 5.74) is 0.505. The summed E-state index contributed by atoms with van der Waals surface area (Å²) < 4.78 is 27.9. The molecule has 9 heteroatoms. The number of anilines is 1. The van der Waals surface area contributed by atoms with Gasteiger partial charge in [0.05, 0.1) is 10.9 Å². The van der Waals surface area contributed by atoms with E-state index in [-0.39, 0.29) is 22.6 Å². The van der Waals surface area contributed by atoms with Crippen molar-refractivity contribution in [3.8, 4) is 0 Å². The lowest BCUT2D eigenvalue weighted by Crippen LogP contribution is -2.49. The number of carbonyl (C=O) groups excluding carboxylic acids is 2. The molecule has 0 fully saturated rings. The second kappa shape index (κ2) is 12.0. The van der Waals surface area contributed by atoms with Gasteiger partial charge in [0.25, 0.3) is 0 Å². The van der Waals surface area contributed by atoms with Crippen molar-refractivity contribution >= 4 is 27.5 Å². The molecule has 2 N–H and O–H groups in total. The van der Waals surface area contributed by atoms with Crippen molar-refractivity contribution in [2.45, 2.75) is 52.5 Å². The Morgan fingerprint density at radius 3 is 2.03 bits per heavy atom. The Morgan fingerprint density at radius 1 is 1.00 bits per heavy atom. The number of nitrogens with one attached hydrogen (secondary N) is 2. The molecule has 2 amide bonds. The smallest absolute Gasteiger partial charge is 0.241 e. The molecule has 0 saturated carbocycles. The maximum absolute atomic E-state index is 13.0. The van der Waals surface area contributed by atoms with Gasteiger partial charge < -0.3 is 15.1 Å². The molecule has 1 aromatic carbocycles. The van der Waals surface area contributed by atoms with Crippen LogP contribution in [0.3, 0.4) is 0 Å². The van der Waals surface area contributed by atoms with Gasteiger partial charge in [0.1, 0.15) is 0 Å². The van der Waals surface area contributed by atoms with Crippen LogP contribution in [0.25, 0.3) is 0 Å². The lowest BCUT2D eigenvalue weighted by molar-refractivity contribution is -0.133. The fraction of sp³-hybridized carbons (Fsp3) is 0.619. The van der Waals surface area contributed by atoms with Crippen LogP contribution in [0.5, 0.6) is 0 Å². The Morgan fingerprint density at radius 2 is 1.57 bits per heavy atom. The molecular weight excluding hydrogens is 404 g/mol. The van der Waals surface area contributed by atoms with Gasteiger partial charge in [0, 0.05) is 32.2 Å². The Balaban J connectivity index is 2.87. The number of nitrogens with zero attached hydrogens (tertiary/aromatic N) is 2. The Bertz CT molecular complexity index is 790. The van der Waals surface area contributed by atoms with Gasteiger partial charge in [-0.1, -0.05) is 27.7 Å². The van der Waals surface area contributed by atoms with E-state index in [4.69, 9.17) is 0 Å². The van der Waals surface area contributed by atoms with Crippen molar-refractivity contribution in [3.05, 3.63) is 24.3 Å². The summed E-state index contributed by atoms with van der Waals surface area (Å²) in [4.78, 5) is 28.1. The monoisotopic (exact) mass is 440 g/mol. The molecule has 1 rings (SSSR count). The molecular formula is C21H36N4O4S. The summed E-state index contributed by atoms with van der Waals surface area (Å²) in [6, 6.07) is 4.93. The van der Waals surface area contributed by atoms with Crippen LogP contribution >= 0.6 is 0 Å². The van der Waals surface area contributed by atoms with Crippen LogP contribution in [-0.2, 0) is 19.6 Å². The first-order valence-electron chi connectivity index (χ1n) is 10.4. The molecule has 30 heavy (non-hydrogen) atoms. The number of hydrogen-bond acceptors (Lipinski definition) is 5. The average molecular weight is 441 g/mol. The van der Waals surface area contributed by atoms with Gasteiger partial charge >= 0.3 is 0 Å². The van der Waals surface area contributed by atoms with Crippen LogP contribution in [0.4, 0.5) is 5.69 Å². The molecule has 0 aliphatic rings. The van der Waals surface area contributed by atoms with Crippen molar-refractivity contribution in [2.24, 2.45) is 5.92 Å². The molecule has 0 aliphatic carbocycles. The number of sulfonamides is 1. The number of benzene rings is 1. The summed E-state index contributed by atoms with van der Waals surface area (Å²) in [5.74, 6) is -0.206. The van der Waals surface area contributed by atoms with Crippen LogP contribution in [0.2, 0.25) is 0 Å². The molecule has 0 aromatic heterocycles. The number of amides is 2. The minimum absolute atomic E-state index is 0.0369. The lowest BCUT2D eigenvalue weighted by atomic mass is 10.2. The molecule has 0 saturated heterocycles. The highest BCUT2D eigenvalue weighted by Gasteiger charge is 2.26. The van der Waals surface area contributed by atoms with Crippen molar-refractivity contribution in [1.82, 2.24) is 14.5 Å². The second-order valence-corrected chi connectivity index (χ2v) is 9.47. The number of likely N-dealkylation sites (N-methyl/N-ethyl adjacent to an activating group) is 1. The van der Waals surface area contributed by atoms with Gasteiger partial charge in [-0.05, 0) is 50.2 Å². The highest BCUT2D eigenvalue weighted by molar-refractivity contribution is 7.89. The zero-order valence-corrected chi connectivity index (χ0v) is 19.8. The van der Waals surface area contributed by atoms with Gasteiger partial charge in [-0.3, -0.25) is 9.59 Å². The highest BCUT2D eigenvalue weighted by atomic mass is 32.2. The molecule has 0 radical (unpaired) electrons. The molecule has 0 bridgehead atoms. The van der Waals surface area contributed by atoms with Gasteiger partial charge in [0.15, 0.2) is 0 Å². The third-order valence-electron chi connectivity index (χ3n) is 4.67. The Labute approximate surface area is 181 Å². The number of rotatable bonds is 12. The van der Waals surface area contributed by atoms with Crippen LogP contribution < -0.4 is 10.0 Å². The van der Waals surface area contributed by atoms with Crippen molar-refractivity contribution < 1.29 is 18.0 Å². The summed E-state index contributed by atoms with van der Waals surface area (Å²) in [5, 5.41) is 2.59. The number of hydrogen-bond donors (Lipinski definition) is 2. The first-order chi connectivity index (χ1) is 14.0. The highest BCUT2D eigenvalue weighted by Crippen LogP contribution is 2.15. The average Bonchev–Trinajstić information content (AvgIpc) is 2.66. The van der Waals surface area contributed by atoms with Crippen LogP contribution in [0, 0.1) is 5.92 Å². The van der Waals surface area contributed by atoms with E-state index in [0.717, 1.165) is 19.6 Å². The molecule has 8 nitrogen and oxygen atoms in total. The zero-order chi connectivity index (χ0) is 22.9. The van der Waals surface area contributed by atoms with Gasteiger partial charge in [-0.15, -0.1) is 0 Å². The predicted molar refractivity (Wildman–Crippen MR) is 120 cm³/mol. The summed E-state index contributed by atoms with van der Waals surface area (Å²) in [6.07, 6.45) is 0. The van der Waals surface area contributed by atoms with Gasteiger partial charge in [-0.25, -0.2) is 8.42 Å².